The lowest BCUT2D eigenvalue weighted by Gasteiger charge is -2.38. The maximum absolute atomic E-state index is 13.6. The number of benzene rings is 1. The van der Waals surface area contributed by atoms with Crippen LogP contribution in [-0.4, -0.2) is 37.5 Å². The summed E-state index contributed by atoms with van der Waals surface area (Å²) in [4.78, 5) is 6.65. The summed E-state index contributed by atoms with van der Waals surface area (Å²) in [5.41, 5.74) is 1.06. The molecule has 0 unspecified atom stereocenters. The molecule has 1 N–H and O–H groups in total. The smallest absolute Gasteiger partial charge is 0.193 e. The van der Waals surface area contributed by atoms with Gasteiger partial charge in [-0.15, -0.1) is 0 Å². The van der Waals surface area contributed by atoms with Crippen LogP contribution in [0, 0.1) is 17.0 Å². The number of nitrogens with zero attached hydrogens (tertiary/aromatic N) is 2. The molecule has 3 rings (SSSR count). The molecule has 0 bridgehead atoms. The Morgan fingerprint density at radius 1 is 1.32 bits per heavy atom. The number of hydrogen-bond donors (Lipinski definition) is 1. The van der Waals surface area contributed by atoms with E-state index in [1.54, 1.807) is 7.05 Å². The summed E-state index contributed by atoms with van der Waals surface area (Å²) in [5.74, 6) is -0.120. The zero-order valence-corrected chi connectivity index (χ0v) is 13.0. The summed E-state index contributed by atoms with van der Waals surface area (Å²) < 4.78 is 26.5. The lowest BCUT2D eigenvalue weighted by molar-refractivity contribution is 0.151. The van der Waals surface area contributed by atoms with E-state index >= 15 is 0 Å². The maximum atomic E-state index is 13.6. The Bertz CT molecular complexity index is 567. The minimum absolute atomic E-state index is 0.480. The zero-order valence-electron chi connectivity index (χ0n) is 13.0. The van der Waals surface area contributed by atoms with Gasteiger partial charge in [0.05, 0.1) is 0 Å². The Morgan fingerprint density at radius 3 is 2.73 bits per heavy atom. The molecule has 1 aliphatic heterocycles. The molecule has 22 heavy (non-hydrogen) atoms. The fourth-order valence-corrected chi connectivity index (χ4v) is 3.57. The number of likely N-dealkylation sites (tertiary alicyclic amines) is 1. The van der Waals surface area contributed by atoms with Crippen molar-refractivity contribution in [2.75, 3.05) is 26.7 Å². The number of halogens is 2. The minimum Gasteiger partial charge on any atom is -0.356 e. The topological polar surface area (TPSA) is 27.6 Å². The molecule has 2 aliphatic rings. The van der Waals surface area contributed by atoms with Gasteiger partial charge in [-0.05, 0) is 42.7 Å². The largest absolute Gasteiger partial charge is 0.356 e. The molecule has 2 fully saturated rings. The third-order valence-corrected chi connectivity index (χ3v) is 5.06. The highest BCUT2D eigenvalue weighted by molar-refractivity contribution is 5.80. The summed E-state index contributed by atoms with van der Waals surface area (Å²) in [6, 6.07) is 3.74. The van der Waals surface area contributed by atoms with Crippen molar-refractivity contribution in [2.45, 2.75) is 32.1 Å². The van der Waals surface area contributed by atoms with E-state index < -0.39 is 11.6 Å². The monoisotopic (exact) mass is 307 g/mol. The molecule has 5 heteroatoms. The van der Waals surface area contributed by atoms with E-state index in [0.29, 0.717) is 23.9 Å². The van der Waals surface area contributed by atoms with Crippen LogP contribution in [0.3, 0.4) is 0 Å². The van der Waals surface area contributed by atoms with Crippen molar-refractivity contribution in [2.24, 2.45) is 10.4 Å². The summed E-state index contributed by atoms with van der Waals surface area (Å²) >= 11 is 0. The van der Waals surface area contributed by atoms with Crippen LogP contribution in [0.5, 0.6) is 0 Å². The van der Waals surface area contributed by atoms with Gasteiger partial charge in [0.2, 0.25) is 0 Å². The molecule has 1 saturated carbocycles. The average Bonchev–Trinajstić information content (AvgIpc) is 2.91. The molecule has 1 saturated heterocycles. The Labute approximate surface area is 130 Å². The van der Waals surface area contributed by atoms with Gasteiger partial charge >= 0.3 is 0 Å². The highest BCUT2D eigenvalue weighted by Gasteiger charge is 2.43. The molecule has 1 aliphatic carbocycles. The van der Waals surface area contributed by atoms with Gasteiger partial charge in [-0.1, -0.05) is 12.5 Å². The number of aliphatic imine (C=N–C) groups is 1. The molecule has 1 aromatic rings. The van der Waals surface area contributed by atoms with Crippen molar-refractivity contribution in [1.82, 2.24) is 10.2 Å². The Balaban J connectivity index is 1.51. The minimum atomic E-state index is -0.534. The average molecular weight is 307 g/mol. The van der Waals surface area contributed by atoms with Gasteiger partial charge in [-0.3, -0.25) is 4.99 Å². The van der Waals surface area contributed by atoms with Gasteiger partial charge < -0.3 is 10.2 Å². The van der Waals surface area contributed by atoms with Crippen molar-refractivity contribution in [3.05, 3.63) is 35.4 Å². The molecule has 1 aromatic carbocycles. The maximum Gasteiger partial charge on any atom is 0.193 e. The van der Waals surface area contributed by atoms with Crippen molar-refractivity contribution < 1.29 is 8.78 Å². The molecule has 0 amide bonds. The molecule has 1 spiro atoms. The standard InChI is InChI=1S/C17H23F2N3/c1-20-16(22-10-8-17(12-22)6-2-7-17)21-9-5-13-3-4-14(18)11-15(13)19/h3-4,11H,2,5-10,12H2,1H3,(H,20,21). The van der Waals surface area contributed by atoms with E-state index in [-0.39, 0.29) is 0 Å². The molecule has 3 nitrogen and oxygen atoms in total. The first-order valence-electron chi connectivity index (χ1n) is 8.01. The van der Waals surface area contributed by atoms with E-state index in [9.17, 15) is 8.78 Å². The third-order valence-electron chi connectivity index (χ3n) is 5.06. The van der Waals surface area contributed by atoms with Gasteiger partial charge in [-0.25, -0.2) is 8.78 Å². The number of guanidine groups is 1. The molecular formula is C17H23F2N3. The Morgan fingerprint density at radius 2 is 2.14 bits per heavy atom. The molecule has 120 valence electrons. The Hall–Kier alpha value is -1.65. The highest BCUT2D eigenvalue weighted by Crippen LogP contribution is 2.47. The molecular weight excluding hydrogens is 284 g/mol. The normalized spacial score (nSPS) is 20.3. The predicted molar refractivity (Wildman–Crippen MR) is 83.9 cm³/mol. The summed E-state index contributed by atoms with van der Waals surface area (Å²) in [5, 5.41) is 3.30. The van der Waals surface area contributed by atoms with E-state index in [4.69, 9.17) is 0 Å². The van der Waals surface area contributed by atoms with Gasteiger partial charge in [0.25, 0.3) is 0 Å². The van der Waals surface area contributed by atoms with Crippen LogP contribution in [0.4, 0.5) is 8.78 Å². The van der Waals surface area contributed by atoms with Gasteiger partial charge in [-0.2, -0.15) is 0 Å². The first-order valence-corrected chi connectivity index (χ1v) is 8.01. The quantitative estimate of drug-likeness (QED) is 0.687. The second-order valence-corrected chi connectivity index (χ2v) is 6.48. The van der Waals surface area contributed by atoms with Crippen LogP contribution in [0.1, 0.15) is 31.2 Å². The second kappa shape index (κ2) is 6.23. The SMILES string of the molecule is CN=C(NCCc1ccc(F)cc1F)N1CCC2(CCC2)C1. The van der Waals surface area contributed by atoms with Crippen molar-refractivity contribution in [3.63, 3.8) is 0 Å². The fourth-order valence-electron chi connectivity index (χ4n) is 3.57. The molecule has 0 atom stereocenters. The summed E-state index contributed by atoms with van der Waals surface area (Å²) in [7, 11) is 1.78. The van der Waals surface area contributed by atoms with E-state index in [2.05, 4.69) is 15.2 Å². The summed E-state index contributed by atoms with van der Waals surface area (Å²) in [6.07, 6.45) is 5.79. The summed E-state index contributed by atoms with van der Waals surface area (Å²) in [6.45, 7) is 2.72. The van der Waals surface area contributed by atoms with Gasteiger partial charge in [0.15, 0.2) is 5.96 Å². The molecule has 0 radical (unpaired) electrons. The predicted octanol–water partition coefficient (Wildman–Crippen LogP) is 2.96. The highest BCUT2D eigenvalue weighted by atomic mass is 19.1. The number of rotatable bonds is 3. The lowest BCUT2D eigenvalue weighted by Crippen LogP contribution is -2.43. The van der Waals surface area contributed by atoms with Crippen molar-refractivity contribution in [3.8, 4) is 0 Å². The first-order chi connectivity index (χ1) is 10.6. The van der Waals surface area contributed by atoms with E-state index in [1.165, 1.54) is 37.8 Å². The van der Waals surface area contributed by atoms with E-state index in [1.807, 2.05) is 0 Å². The lowest BCUT2D eigenvalue weighted by atomic mass is 9.68. The fraction of sp³-hybridized carbons (Fsp3) is 0.588. The van der Waals surface area contributed by atoms with Gasteiger partial charge in [0, 0.05) is 32.7 Å². The van der Waals surface area contributed by atoms with Crippen LogP contribution in [0.2, 0.25) is 0 Å². The van der Waals surface area contributed by atoms with Crippen LogP contribution in [0.15, 0.2) is 23.2 Å². The van der Waals surface area contributed by atoms with Gasteiger partial charge in [0.1, 0.15) is 11.6 Å². The number of hydrogen-bond acceptors (Lipinski definition) is 1. The van der Waals surface area contributed by atoms with Crippen LogP contribution < -0.4 is 5.32 Å². The van der Waals surface area contributed by atoms with E-state index in [0.717, 1.165) is 25.1 Å². The third kappa shape index (κ3) is 3.08. The van der Waals surface area contributed by atoms with Crippen LogP contribution in [0.25, 0.3) is 0 Å². The Kier molecular flexibility index (Phi) is 4.32. The zero-order chi connectivity index (χ0) is 15.6. The van der Waals surface area contributed by atoms with Crippen LogP contribution >= 0.6 is 0 Å². The molecule has 1 heterocycles. The van der Waals surface area contributed by atoms with Crippen LogP contribution in [-0.2, 0) is 6.42 Å². The van der Waals surface area contributed by atoms with Crippen molar-refractivity contribution >= 4 is 5.96 Å². The van der Waals surface area contributed by atoms with Crippen molar-refractivity contribution in [1.29, 1.82) is 0 Å². The first kappa shape index (κ1) is 15.3. The molecule has 0 aromatic heterocycles. The second-order valence-electron chi connectivity index (χ2n) is 6.48. The number of nitrogens with one attached hydrogen (secondary N) is 1.